The number of carbonyl (C=O) groups excluding carboxylic acids is 3. The van der Waals surface area contributed by atoms with Crippen molar-refractivity contribution in [1.29, 1.82) is 0 Å². The number of hydrogen-bond acceptors (Lipinski definition) is 6. The molecule has 0 aliphatic heterocycles. The standard InChI is InChI=1S/C21H34N4O4.C7H7F.C3H8/c1-3-7-18(22-2)21(28)25-11-6-9-17-8-4-5-10-19(17)29-15-13-23-16-20(27)24-12-14-26;1-6-2-4-7(8)5-3-6;1-3-2/h4-5,8,10,14,18,22-23H,3,6-7,9,11-13,15-16H2,1-2H3,(H,24,27)(H,25,28);2-5H,1H3;3H2,1-2H3. The fourth-order valence-electron chi connectivity index (χ4n) is 3.35. The molecule has 2 amide bonds. The van der Waals surface area contributed by atoms with Gasteiger partial charge < -0.3 is 30.8 Å². The Labute approximate surface area is 239 Å². The molecule has 0 bridgehead atoms. The summed E-state index contributed by atoms with van der Waals surface area (Å²) in [5.41, 5.74) is 2.18. The smallest absolute Gasteiger partial charge is 0.237 e. The first-order valence-corrected chi connectivity index (χ1v) is 14.1. The quantitative estimate of drug-likeness (QED) is 0.183. The molecule has 8 nitrogen and oxygen atoms in total. The highest BCUT2D eigenvalue weighted by Crippen LogP contribution is 2.19. The topological polar surface area (TPSA) is 109 Å². The number of aldehydes is 1. The SMILES string of the molecule is CCC.CCCC(NC)C(=O)NCCCc1ccccc1OCCNCC(=O)NCC=O.Cc1ccc(F)cc1. The second-order valence-corrected chi connectivity index (χ2v) is 9.13. The van der Waals surface area contributed by atoms with Crippen LogP contribution in [0.15, 0.2) is 48.5 Å². The highest BCUT2D eigenvalue weighted by Gasteiger charge is 2.14. The molecule has 2 rings (SSSR count). The third-order valence-electron chi connectivity index (χ3n) is 5.35. The lowest BCUT2D eigenvalue weighted by Gasteiger charge is -2.15. The number of amides is 2. The van der Waals surface area contributed by atoms with E-state index in [1.807, 2.05) is 31.2 Å². The van der Waals surface area contributed by atoms with Crippen molar-refractivity contribution in [2.45, 2.75) is 65.8 Å². The minimum Gasteiger partial charge on any atom is -0.492 e. The fraction of sp³-hybridized carbons (Fsp3) is 0.516. The van der Waals surface area contributed by atoms with Crippen molar-refractivity contribution in [3.8, 4) is 5.75 Å². The van der Waals surface area contributed by atoms with Crippen LogP contribution in [0.25, 0.3) is 0 Å². The number of nitrogens with one attached hydrogen (secondary N) is 4. The van der Waals surface area contributed by atoms with E-state index >= 15 is 0 Å². The maximum atomic E-state index is 12.1. The van der Waals surface area contributed by atoms with Crippen LogP contribution >= 0.6 is 0 Å². The summed E-state index contributed by atoms with van der Waals surface area (Å²) >= 11 is 0. The van der Waals surface area contributed by atoms with Crippen molar-refractivity contribution in [3.63, 3.8) is 0 Å². The van der Waals surface area contributed by atoms with Gasteiger partial charge in [-0.25, -0.2) is 4.39 Å². The largest absolute Gasteiger partial charge is 0.492 e. The van der Waals surface area contributed by atoms with Gasteiger partial charge in [-0.2, -0.15) is 0 Å². The van der Waals surface area contributed by atoms with Gasteiger partial charge in [0.25, 0.3) is 0 Å². The predicted octanol–water partition coefficient (Wildman–Crippen LogP) is 3.96. The van der Waals surface area contributed by atoms with Crippen molar-refractivity contribution < 1.29 is 23.5 Å². The first-order valence-electron chi connectivity index (χ1n) is 14.1. The monoisotopic (exact) mass is 560 g/mol. The zero-order valence-electron chi connectivity index (χ0n) is 24.9. The molecule has 0 aliphatic rings. The molecule has 0 aliphatic carbocycles. The molecule has 0 saturated carbocycles. The van der Waals surface area contributed by atoms with E-state index in [4.69, 9.17) is 4.74 Å². The second-order valence-electron chi connectivity index (χ2n) is 9.13. The van der Waals surface area contributed by atoms with Gasteiger partial charge >= 0.3 is 0 Å². The molecule has 2 aromatic carbocycles. The van der Waals surface area contributed by atoms with Crippen LogP contribution in [0.5, 0.6) is 5.75 Å². The number of rotatable bonds is 16. The van der Waals surface area contributed by atoms with Gasteiger partial charge in [0.05, 0.1) is 19.1 Å². The average Bonchev–Trinajstić information content (AvgIpc) is 2.95. The molecular weight excluding hydrogens is 511 g/mol. The Balaban J connectivity index is 0.00000115. The Bertz CT molecular complexity index is 920. The Kier molecular flexibility index (Phi) is 22.7. The fourth-order valence-corrected chi connectivity index (χ4v) is 3.35. The molecule has 40 heavy (non-hydrogen) atoms. The number of halogens is 1. The van der Waals surface area contributed by atoms with Crippen molar-refractivity contribution in [2.75, 3.05) is 39.8 Å². The molecule has 0 radical (unpaired) electrons. The van der Waals surface area contributed by atoms with Crippen molar-refractivity contribution >= 4 is 18.1 Å². The Morgan fingerprint density at radius 1 is 1.00 bits per heavy atom. The lowest BCUT2D eigenvalue weighted by Crippen LogP contribution is -2.42. The van der Waals surface area contributed by atoms with Crippen LogP contribution in [-0.4, -0.2) is 64.0 Å². The van der Waals surface area contributed by atoms with Crippen LogP contribution < -0.4 is 26.0 Å². The number of carbonyl (C=O) groups is 3. The predicted molar refractivity (Wildman–Crippen MR) is 160 cm³/mol. The van der Waals surface area contributed by atoms with E-state index in [1.54, 1.807) is 19.2 Å². The molecule has 1 unspecified atom stereocenters. The molecular formula is C31H49FN4O4. The Morgan fingerprint density at radius 3 is 2.27 bits per heavy atom. The zero-order chi connectivity index (χ0) is 30.0. The van der Waals surface area contributed by atoms with Crippen molar-refractivity contribution in [3.05, 3.63) is 65.5 Å². The molecule has 0 spiro atoms. The van der Waals surface area contributed by atoms with Crippen LogP contribution in [0.2, 0.25) is 0 Å². The molecule has 9 heteroatoms. The number of aryl methyl sites for hydroxylation is 2. The minimum absolute atomic E-state index is 0.0268. The van der Waals surface area contributed by atoms with Gasteiger partial charge in [-0.15, -0.1) is 0 Å². The number of benzene rings is 2. The Hall–Kier alpha value is -3.30. The third kappa shape index (κ3) is 18.9. The highest BCUT2D eigenvalue weighted by molar-refractivity contribution is 5.81. The van der Waals surface area contributed by atoms with Gasteiger partial charge in [0.2, 0.25) is 11.8 Å². The van der Waals surface area contributed by atoms with Gasteiger partial charge in [-0.3, -0.25) is 9.59 Å². The normalized spacial score (nSPS) is 10.7. The summed E-state index contributed by atoms with van der Waals surface area (Å²) in [6.07, 6.45) is 5.31. The maximum Gasteiger partial charge on any atom is 0.237 e. The van der Waals surface area contributed by atoms with Crippen LogP contribution in [0.3, 0.4) is 0 Å². The number of ether oxygens (including phenoxy) is 1. The van der Waals surface area contributed by atoms with E-state index in [2.05, 4.69) is 42.0 Å². The summed E-state index contributed by atoms with van der Waals surface area (Å²) in [5.74, 6) is 0.460. The van der Waals surface area contributed by atoms with Gasteiger partial charge in [0.1, 0.15) is 24.5 Å². The summed E-state index contributed by atoms with van der Waals surface area (Å²) < 4.78 is 17.9. The molecule has 0 fully saturated rings. The molecule has 4 N–H and O–H groups in total. The van der Waals surface area contributed by atoms with Gasteiger partial charge in [-0.05, 0) is 57.0 Å². The van der Waals surface area contributed by atoms with Crippen LogP contribution in [0, 0.1) is 12.7 Å². The summed E-state index contributed by atoms with van der Waals surface area (Å²) in [7, 11) is 1.81. The second kappa shape index (κ2) is 24.7. The summed E-state index contributed by atoms with van der Waals surface area (Å²) in [6, 6.07) is 14.1. The molecule has 0 saturated heterocycles. The van der Waals surface area contributed by atoms with E-state index in [9.17, 15) is 18.8 Å². The lowest BCUT2D eigenvalue weighted by atomic mass is 10.1. The molecule has 0 aromatic heterocycles. The minimum atomic E-state index is -0.223. The highest BCUT2D eigenvalue weighted by atomic mass is 19.1. The van der Waals surface area contributed by atoms with Crippen molar-refractivity contribution in [2.24, 2.45) is 0 Å². The molecule has 2 aromatic rings. The van der Waals surface area contributed by atoms with Crippen molar-refractivity contribution in [1.82, 2.24) is 21.3 Å². The number of hydrogen-bond donors (Lipinski definition) is 4. The molecule has 0 heterocycles. The van der Waals surface area contributed by atoms with E-state index in [1.165, 1.54) is 18.6 Å². The molecule has 224 valence electrons. The van der Waals surface area contributed by atoms with Crippen LogP contribution in [-0.2, 0) is 20.8 Å². The van der Waals surface area contributed by atoms with E-state index in [0.29, 0.717) is 26.0 Å². The van der Waals surface area contributed by atoms with Gasteiger partial charge in [0.15, 0.2) is 0 Å². The molecule has 1 atom stereocenters. The summed E-state index contributed by atoms with van der Waals surface area (Å²) in [4.78, 5) is 33.7. The Morgan fingerprint density at radius 2 is 1.68 bits per heavy atom. The van der Waals surface area contributed by atoms with Gasteiger partial charge in [-0.1, -0.05) is 69.5 Å². The average molecular weight is 561 g/mol. The maximum absolute atomic E-state index is 12.1. The summed E-state index contributed by atoms with van der Waals surface area (Å²) in [6.45, 7) is 9.97. The van der Waals surface area contributed by atoms with E-state index < -0.39 is 0 Å². The van der Waals surface area contributed by atoms with E-state index in [-0.39, 0.29) is 36.8 Å². The first-order chi connectivity index (χ1) is 19.3. The number of likely N-dealkylation sites (N-methyl/N-ethyl adjacent to an activating group) is 1. The number of para-hydroxylation sites is 1. The first kappa shape index (κ1) is 36.7. The van der Waals surface area contributed by atoms with E-state index in [0.717, 1.165) is 42.6 Å². The lowest BCUT2D eigenvalue weighted by molar-refractivity contribution is -0.123. The zero-order valence-corrected chi connectivity index (χ0v) is 24.9. The summed E-state index contributed by atoms with van der Waals surface area (Å²) in [5, 5.41) is 11.5. The third-order valence-corrected chi connectivity index (χ3v) is 5.35. The van der Waals surface area contributed by atoms with Crippen LogP contribution in [0.4, 0.5) is 4.39 Å². The van der Waals surface area contributed by atoms with Crippen LogP contribution in [0.1, 0.15) is 57.6 Å². The van der Waals surface area contributed by atoms with Gasteiger partial charge in [0, 0.05) is 13.1 Å².